The lowest BCUT2D eigenvalue weighted by Crippen LogP contribution is -2.80. The number of aliphatic carboxylic acids is 1. The van der Waals surface area contributed by atoms with Crippen LogP contribution in [0.1, 0.15) is 30.0 Å². The lowest BCUT2D eigenvalue weighted by molar-refractivity contribution is -0.340. The summed E-state index contributed by atoms with van der Waals surface area (Å²) in [5.41, 5.74) is -1.31. The van der Waals surface area contributed by atoms with Crippen LogP contribution in [0.2, 0.25) is 0 Å². The number of hydrogen-bond donors (Lipinski definition) is 6. The van der Waals surface area contributed by atoms with E-state index < -0.39 is 42.2 Å². The number of aliphatic imine (C=N–C) groups is 1. The van der Waals surface area contributed by atoms with Gasteiger partial charge in [-0.2, -0.15) is 0 Å². The third kappa shape index (κ3) is 8.43. The molecule has 15 heteroatoms. The molecular formula is C43H46N2O11S2. The van der Waals surface area contributed by atoms with Gasteiger partial charge >= 0.3 is 5.97 Å². The van der Waals surface area contributed by atoms with Gasteiger partial charge in [-0.25, -0.2) is 4.79 Å². The van der Waals surface area contributed by atoms with E-state index in [1.54, 1.807) is 12.1 Å². The maximum atomic E-state index is 13.3. The number of nitrogens with zero attached hydrogens (tertiary/aromatic N) is 1. The Morgan fingerprint density at radius 1 is 1.10 bits per heavy atom. The van der Waals surface area contributed by atoms with Crippen molar-refractivity contribution in [1.29, 1.82) is 0 Å². The second-order valence-corrected chi connectivity index (χ2v) is 17.2. The van der Waals surface area contributed by atoms with Crippen LogP contribution in [0.5, 0.6) is 17.2 Å². The van der Waals surface area contributed by atoms with Crippen molar-refractivity contribution in [2.75, 3.05) is 37.9 Å². The largest absolute Gasteiger partial charge is 0.508 e. The van der Waals surface area contributed by atoms with Crippen LogP contribution < -0.4 is 14.8 Å². The number of carbonyl (C=O) groups is 2. The highest BCUT2D eigenvalue weighted by atomic mass is 33.1. The number of carboxylic acids is 1. The van der Waals surface area contributed by atoms with Crippen LogP contribution in [-0.4, -0.2) is 112 Å². The number of phenols is 1. The lowest BCUT2D eigenvalue weighted by Gasteiger charge is -2.53. The van der Waals surface area contributed by atoms with Crippen LogP contribution >= 0.6 is 21.6 Å². The van der Waals surface area contributed by atoms with Crippen molar-refractivity contribution in [3.63, 3.8) is 0 Å². The third-order valence-electron chi connectivity index (χ3n) is 11.2. The molecule has 0 bridgehead atoms. The number of aromatic hydroxyl groups is 1. The van der Waals surface area contributed by atoms with E-state index in [0.29, 0.717) is 35.5 Å². The Bertz CT molecular complexity index is 2080. The zero-order valence-electron chi connectivity index (χ0n) is 31.7. The van der Waals surface area contributed by atoms with Crippen molar-refractivity contribution < 1.29 is 54.1 Å². The first-order valence-corrected chi connectivity index (χ1v) is 21.4. The molecule has 306 valence electrons. The number of benzene rings is 3. The van der Waals surface area contributed by atoms with Gasteiger partial charge in [-0.3, -0.25) is 9.79 Å². The number of nitrogens with one attached hydrogen (secondary N) is 1. The molecule has 3 aromatic rings. The van der Waals surface area contributed by atoms with Crippen LogP contribution in [0.25, 0.3) is 17.4 Å². The summed E-state index contributed by atoms with van der Waals surface area (Å²) in [5.74, 6) is -0.592. The number of rotatable bonds is 10. The molecule has 0 spiro atoms. The Morgan fingerprint density at radius 2 is 1.90 bits per heavy atom. The fraction of sp³-hybridized carbons (Fsp3) is 0.372. The molecule has 4 aliphatic heterocycles. The highest BCUT2D eigenvalue weighted by Gasteiger charge is 2.69. The van der Waals surface area contributed by atoms with E-state index in [2.05, 4.69) is 35.5 Å². The minimum Gasteiger partial charge on any atom is -0.508 e. The highest BCUT2D eigenvalue weighted by Crippen LogP contribution is 2.45. The quantitative estimate of drug-likeness (QED) is 0.113. The number of hydrogen-bond acceptors (Lipinski definition) is 14. The molecule has 7 rings (SSSR count). The molecule has 4 heterocycles. The molecule has 0 amide bonds. The van der Waals surface area contributed by atoms with E-state index >= 15 is 0 Å². The van der Waals surface area contributed by atoms with Crippen molar-refractivity contribution in [2.45, 2.75) is 43.0 Å². The standard InChI is InChI=1S/C43H46N2O11S2/c1-26(6-5-9-27-7-3-2-4-8-27)33-20-45-23-42(52)41(55-31-14-15-32-36(18-31)53-21-34(37(32)48)28-10-12-30(47)13-11-28)56-38(40(50)51)39(49)43(42,24-46)54-25-58-57-22-35(33)29-16-17-44-19-29/h2-5,7-16,18-19,24,26,33,35,38-39,41,45,47-49,52H,6,17,20-23,25H2,1H3,(H,50,51)/b9-5+/t26-,33-,35+,38+,39-,41-,42+,43+/m1/s1. The maximum absolute atomic E-state index is 13.3. The van der Waals surface area contributed by atoms with Crippen molar-refractivity contribution in [2.24, 2.45) is 22.7 Å². The summed E-state index contributed by atoms with van der Waals surface area (Å²) in [5, 5.41) is 58.8. The van der Waals surface area contributed by atoms with E-state index in [1.165, 1.54) is 51.9 Å². The third-order valence-corrected chi connectivity index (χ3v) is 13.3. The monoisotopic (exact) mass is 830 g/mol. The average molecular weight is 831 g/mol. The van der Waals surface area contributed by atoms with E-state index in [4.69, 9.17) is 18.9 Å². The Labute approximate surface area is 343 Å². The van der Waals surface area contributed by atoms with Crippen LogP contribution in [-0.2, 0) is 19.1 Å². The van der Waals surface area contributed by atoms with Gasteiger partial charge in [0.1, 0.15) is 41.7 Å². The number of carboxylic acid groups (broad SMARTS) is 1. The van der Waals surface area contributed by atoms with Crippen molar-refractivity contribution >= 4 is 57.5 Å². The van der Waals surface area contributed by atoms with Gasteiger partial charge in [0.15, 0.2) is 23.6 Å². The predicted molar refractivity (Wildman–Crippen MR) is 223 cm³/mol. The van der Waals surface area contributed by atoms with Crippen LogP contribution in [0.15, 0.2) is 95.5 Å². The second-order valence-electron chi connectivity index (χ2n) is 14.7. The first-order valence-electron chi connectivity index (χ1n) is 19.0. The maximum Gasteiger partial charge on any atom is 0.335 e. The summed E-state index contributed by atoms with van der Waals surface area (Å²) in [6.45, 7) is 2.71. The van der Waals surface area contributed by atoms with Gasteiger partial charge in [0.2, 0.25) is 6.29 Å². The van der Waals surface area contributed by atoms with Gasteiger partial charge in [0.25, 0.3) is 0 Å². The molecule has 3 aromatic carbocycles. The molecule has 8 atom stereocenters. The summed E-state index contributed by atoms with van der Waals surface area (Å²) in [6.07, 6.45) is 3.26. The Kier molecular flexibility index (Phi) is 13.0. The molecule has 2 saturated heterocycles. The van der Waals surface area contributed by atoms with Gasteiger partial charge in [-0.15, -0.1) is 0 Å². The summed E-state index contributed by atoms with van der Waals surface area (Å²) in [4.78, 5) is 30.2. The fourth-order valence-electron chi connectivity index (χ4n) is 7.91. The SMILES string of the molecule is C[C@H](C/C=C/c1ccccc1)[C@H]1CNC[C@]2(O)[C@H](Oc3ccc4c(c3)OCC(c3ccc(O)cc3)=C4O)O[C@H](C(=O)O)[C@@H](O)[C@]2(C=O)OCSSC[C@H]1C1=CCN=C1. The average Bonchev–Trinajstić information content (AvgIpc) is 3.76. The van der Waals surface area contributed by atoms with E-state index in [1.807, 2.05) is 36.5 Å². The van der Waals surface area contributed by atoms with Crippen LogP contribution in [0.4, 0.5) is 0 Å². The second kappa shape index (κ2) is 18.1. The Balaban J connectivity index is 1.20. The van der Waals surface area contributed by atoms with E-state index in [0.717, 1.165) is 17.6 Å². The summed E-state index contributed by atoms with van der Waals surface area (Å²) in [6, 6.07) is 20.8. The minimum absolute atomic E-state index is 0.00413. The zero-order chi connectivity index (χ0) is 40.9. The van der Waals surface area contributed by atoms with Gasteiger partial charge < -0.3 is 49.8 Å². The Morgan fingerprint density at radius 3 is 2.62 bits per heavy atom. The fourth-order valence-corrected chi connectivity index (χ4v) is 9.98. The molecule has 0 aromatic heterocycles. The number of β-amino-alcohol motifs (C(OH)–C–C–N with tert-alkyl or cyclic N) is 1. The van der Waals surface area contributed by atoms with Crippen LogP contribution in [0.3, 0.4) is 0 Å². The number of carbonyl (C=O) groups excluding carboxylic acids is 1. The Hall–Kier alpha value is -4.61. The molecule has 6 N–H and O–H groups in total. The molecule has 0 aliphatic carbocycles. The molecule has 58 heavy (non-hydrogen) atoms. The van der Waals surface area contributed by atoms with Crippen LogP contribution in [0, 0.1) is 17.8 Å². The molecular weight excluding hydrogens is 785 g/mol. The molecule has 0 unspecified atom stereocenters. The minimum atomic E-state index is -2.51. The summed E-state index contributed by atoms with van der Waals surface area (Å²) >= 11 is 0. The summed E-state index contributed by atoms with van der Waals surface area (Å²) in [7, 11) is 2.79. The number of aldehydes is 1. The number of phenolic OH excluding ortho intramolecular Hbond substituents is 1. The molecule has 0 saturated carbocycles. The van der Waals surface area contributed by atoms with Crippen molar-refractivity contribution in [3.05, 3.63) is 107 Å². The molecule has 4 aliphatic rings. The van der Waals surface area contributed by atoms with E-state index in [-0.39, 0.29) is 59.6 Å². The molecule has 0 radical (unpaired) electrons. The molecule has 2 fully saturated rings. The highest BCUT2D eigenvalue weighted by molar-refractivity contribution is 8.76. The number of ether oxygens (including phenoxy) is 4. The lowest BCUT2D eigenvalue weighted by atomic mass is 9.73. The first-order chi connectivity index (χ1) is 28.0. The van der Waals surface area contributed by atoms with Crippen molar-refractivity contribution in [3.8, 4) is 17.2 Å². The van der Waals surface area contributed by atoms with Gasteiger partial charge in [-0.05, 0) is 71.7 Å². The molecule has 13 nitrogen and oxygen atoms in total. The van der Waals surface area contributed by atoms with Crippen molar-refractivity contribution in [1.82, 2.24) is 5.32 Å². The van der Waals surface area contributed by atoms with Gasteiger partial charge in [0.05, 0.1) is 12.1 Å². The number of allylic oxidation sites excluding steroid dienone is 2. The first kappa shape index (κ1) is 41.5. The van der Waals surface area contributed by atoms with E-state index in [9.17, 15) is 35.1 Å². The number of aliphatic hydroxyl groups excluding tert-OH is 2. The number of aliphatic hydroxyl groups is 3. The number of fused-ring (bicyclic) bond motifs is 2. The predicted octanol–water partition coefficient (Wildman–Crippen LogP) is 5.37. The summed E-state index contributed by atoms with van der Waals surface area (Å²) < 4.78 is 24.2. The van der Waals surface area contributed by atoms with Gasteiger partial charge in [0, 0.05) is 30.2 Å². The zero-order valence-corrected chi connectivity index (χ0v) is 33.3. The normalized spacial score (nSPS) is 29.6. The topological polar surface area (TPSA) is 197 Å². The smallest absolute Gasteiger partial charge is 0.335 e. The van der Waals surface area contributed by atoms with Gasteiger partial charge in [-0.1, -0.05) is 89.2 Å².